The van der Waals surface area contributed by atoms with E-state index >= 15 is 0 Å². The summed E-state index contributed by atoms with van der Waals surface area (Å²) in [5.74, 6) is -0.270. The molecular formula is C20H30O4. The maximum Gasteiger partial charge on any atom is 0.309 e. The summed E-state index contributed by atoms with van der Waals surface area (Å²) in [6.45, 7) is 7.05. The number of carbonyl (C=O) groups is 1. The fraction of sp³-hybridized carbons (Fsp3) is 0.550. The molecule has 0 aliphatic carbocycles. The van der Waals surface area contributed by atoms with Crippen molar-refractivity contribution in [1.29, 1.82) is 0 Å². The first-order chi connectivity index (χ1) is 11.5. The smallest absolute Gasteiger partial charge is 0.309 e. The average Bonchev–Trinajstić information content (AvgIpc) is 2.61. The molecule has 0 aromatic heterocycles. The van der Waals surface area contributed by atoms with E-state index in [2.05, 4.69) is 4.74 Å². The molecule has 1 aromatic rings. The molecule has 0 radical (unpaired) electrons. The van der Waals surface area contributed by atoms with E-state index in [4.69, 9.17) is 4.74 Å². The van der Waals surface area contributed by atoms with Crippen LogP contribution in [0.25, 0.3) is 0 Å². The Balaban J connectivity index is 2.49. The summed E-state index contributed by atoms with van der Waals surface area (Å²) in [4.78, 5) is 11.3. The monoisotopic (exact) mass is 334 g/mol. The van der Waals surface area contributed by atoms with E-state index in [0.717, 1.165) is 17.6 Å². The number of aliphatic hydroxyl groups excluding tert-OH is 1. The molecule has 1 aromatic carbocycles. The number of hydrogen-bond donors (Lipinski definition) is 1. The number of methoxy groups -OCH3 is 1. The lowest BCUT2D eigenvalue weighted by atomic mass is 9.86. The molecular weight excluding hydrogens is 304 g/mol. The average molecular weight is 334 g/mol. The summed E-state index contributed by atoms with van der Waals surface area (Å²) in [5, 5.41) is 10.6. The second-order valence-electron chi connectivity index (χ2n) is 6.17. The summed E-state index contributed by atoms with van der Waals surface area (Å²) in [5.41, 5.74) is 2.20. The Kier molecular flexibility index (Phi) is 9.35. The standard InChI is InChI=1S/C20H30O4/c1-5-18(11-12-19(21)23-4)16(3)20(22)15(2)13-24-14-17-9-7-6-8-10-17/h6-11,15-16,20,22H,5,12-14H2,1-4H3/b18-11+/t15-,16+,20-/m0/s1. The molecule has 3 atom stereocenters. The number of esters is 1. The number of aliphatic hydroxyl groups is 1. The summed E-state index contributed by atoms with van der Waals surface area (Å²) < 4.78 is 10.4. The normalized spacial score (nSPS) is 15.6. The Morgan fingerprint density at radius 1 is 1.25 bits per heavy atom. The van der Waals surface area contributed by atoms with E-state index in [1.165, 1.54) is 7.11 Å². The minimum Gasteiger partial charge on any atom is -0.469 e. The Hall–Kier alpha value is -1.65. The molecule has 0 unspecified atom stereocenters. The van der Waals surface area contributed by atoms with Gasteiger partial charge in [-0.3, -0.25) is 4.79 Å². The van der Waals surface area contributed by atoms with Crippen LogP contribution in [0.4, 0.5) is 0 Å². The highest BCUT2D eigenvalue weighted by Crippen LogP contribution is 2.24. The predicted molar refractivity (Wildman–Crippen MR) is 95.4 cm³/mol. The van der Waals surface area contributed by atoms with Gasteiger partial charge in [-0.05, 0) is 12.0 Å². The van der Waals surface area contributed by atoms with Gasteiger partial charge >= 0.3 is 5.97 Å². The van der Waals surface area contributed by atoms with Gasteiger partial charge in [0, 0.05) is 11.8 Å². The molecule has 4 nitrogen and oxygen atoms in total. The van der Waals surface area contributed by atoms with Crippen LogP contribution < -0.4 is 0 Å². The van der Waals surface area contributed by atoms with Gasteiger partial charge < -0.3 is 14.6 Å². The Labute approximate surface area is 145 Å². The first-order valence-electron chi connectivity index (χ1n) is 8.55. The van der Waals surface area contributed by atoms with Crippen LogP contribution in [0.5, 0.6) is 0 Å². The van der Waals surface area contributed by atoms with Gasteiger partial charge in [-0.1, -0.05) is 62.8 Å². The Bertz CT molecular complexity index is 510. The second-order valence-corrected chi connectivity index (χ2v) is 6.17. The van der Waals surface area contributed by atoms with Crippen molar-refractivity contribution in [2.75, 3.05) is 13.7 Å². The van der Waals surface area contributed by atoms with Gasteiger partial charge in [0.25, 0.3) is 0 Å². The molecule has 0 saturated heterocycles. The van der Waals surface area contributed by atoms with Gasteiger partial charge in [0.2, 0.25) is 0 Å². The van der Waals surface area contributed by atoms with E-state index in [-0.39, 0.29) is 24.2 Å². The van der Waals surface area contributed by atoms with Gasteiger partial charge in [0.15, 0.2) is 0 Å². The van der Waals surface area contributed by atoms with E-state index < -0.39 is 6.10 Å². The number of ether oxygens (including phenoxy) is 2. The van der Waals surface area contributed by atoms with Crippen molar-refractivity contribution in [2.45, 2.75) is 46.3 Å². The topological polar surface area (TPSA) is 55.8 Å². The van der Waals surface area contributed by atoms with E-state index in [9.17, 15) is 9.90 Å². The quantitative estimate of drug-likeness (QED) is 0.523. The molecule has 24 heavy (non-hydrogen) atoms. The molecule has 0 heterocycles. The third kappa shape index (κ3) is 6.85. The maximum absolute atomic E-state index is 11.3. The van der Waals surface area contributed by atoms with Crippen molar-refractivity contribution >= 4 is 5.97 Å². The first-order valence-corrected chi connectivity index (χ1v) is 8.55. The largest absolute Gasteiger partial charge is 0.469 e. The van der Waals surface area contributed by atoms with Crippen molar-refractivity contribution in [3.8, 4) is 0 Å². The number of benzene rings is 1. The van der Waals surface area contributed by atoms with Crippen LogP contribution >= 0.6 is 0 Å². The van der Waals surface area contributed by atoms with Crippen molar-refractivity contribution in [2.24, 2.45) is 11.8 Å². The summed E-state index contributed by atoms with van der Waals surface area (Å²) in [6, 6.07) is 9.99. The highest BCUT2D eigenvalue weighted by Gasteiger charge is 2.23. The zero-order valence-corrected chi connectivity index (χ0v) is 15.2. The predicted octanol–water partition coefficient (Wildman–Crippen LogP) is 3.74. The summed E-state index contributed by atoms with van der Waals surface area (Å²) in [7, 11) is 1.38. The second kappa shape index (κ2) is 11.0. The molecule has 134 valence electrons. The van der Waals surface area contributed by atoms with Gasteiger partial charge in [-0.2, -0.15) is 0 Å². The number of carbonyl (C=O) groups excluding carboxylic acids is 1. The van der Waals surface area contributed by atoms with Crippen molar-refractivity contribution in [3.05, 3.63) is 47.5 Å². The van der Waals surface area contributed by atoms with E-state index in [1.54, 1.807) is 0 Å². The molecule has 0 fully saturated rings. The van der Waals surface area contributed by atoms with E-state index in [1.807, 2.05) is 57.2 Å². The van der Waals surface area contributed by atoms with Crippen LogP contribution in [0.15, 0.2) is 42.0 Å². The molecule has 1 N–H and O–H groups in total. The first kappa shape index (κ1) is 20.4. The molecule has 0 aliphatic heterocycles. The molecule has 0 saturated carbocycles. The van der Waals surface area contributed by atoms with Gasteiger partial charge in [0.05, 0.1) is 32.8 Å². The van der Waals surface area contributed by atoms with Crippen LogP contribution in [-0.4, -0.2) is 30.9 Å². The van der Waals surface area contributed by atoms with Crippen LogP contribution in [0.3, 0.4) is 0 Å². The lowest BCUT2D eigenvalue weighted by Gasteiger charge is -2.26. The van der Waals surface area contributed by atoms with Crippen molar-refractivity contribution in [1.82, 2.24) is 0 Å². The third-order valence-electron chi connectivity index (χ3n) is 4.34. The highest BCUT2D eigenvalue weighted by molar-refractivity contribution is 5.71. The zero-order valence-electron chi connectivity index (χ0n) is 15.2. The van der Waals surface area contributed by atoms with Crippen LogP contribution in [0.1, 0.15) is 39.2 Å². The van der Waals surface area contributed by atoms with Gasteiger partial charge in [-0.25, -0.2) is 0 Å². The Morgan fingerprint density at radius 2 is 1.92 bits per heavy atom. The number of rotatable bonds is 10. The lowest BCUT2D eigenvalue weighted by Crippen LogP contribution is -2.30. The minimum absolute atomic E-state index is 0.0109. The van der Waals surface area contributed by atoms with Gasteiger partial charge in [0.1, 0.15) is 0 Å². The van der Waals surface area contributed by atoms with Crippen molar-refractivity contribution in [3.63, 3.8) is 0 Å². The SMILES string of the molecule is CC/C(=C\CC(=O)OC)[C@@H](C)[C@@H](O)[C@@H](C)COCc1ccccc1. The minimum atomic E-state index is -0.510. The molecule has 0 bridgehead atoms. The fourth-order valence-electron chi connectivity index (χ4n) is 2.70. The molecule has 0 aliphatic rings. The molecule has 4 heteroatoms. The van der Waals surface area contributed by atoms with Crippen molar-refractivity contribution < 1.29 is 19.4 Å². The molecule has 0 spiro atoms. The highest BCUT2D eigenvalue weighted by atomic mass is 16.5. The van der Waals surface area contributed by atoms with Gasteiger partial charge in [-0.15, -0.1) is 0 Å². The van der Waals surface area contributed by atoms with Crippen LogP contribution in [0.2, 0.25) is 0 Å². The maximum atomic E-state index is 11.3. The summed E-state index contributed by atoms with van der Waals surface area (Å²) in [6.07, 6.45) is 2.41. The Morgan fingerprint density at radius 3 is 2.50 bits per heavy atom. The van der Waals surface area contributed by atoms with E-state index in [0.29, 0.717) is 13.2 Å². The lowest BCUT2D eigenvalue weighted by molar-refractivity contribution is -0.139. The van der Waals surface area contributed by atoms with Crippen LogP contribution in [0, 0.1) is 11.8 Å². The zero-order chi connectivity index (χ0) is 17.9. The number of hydrogen-bond acceptors (Lipinski definition) is 4. The molecule has 0 amide bonds. The summed E-state index contributed by atoms with van der Waals surface area (Å²) >= 11 is 0. The third-order valence-corrected chi connectivity index (χ3v) is 4.34. The fourth-order valence-corrected chi connectivity index (χ4v) is 2.70. The van der Waals surface area contributed by atoms with Crippen LogP contribution in [-0.2, 0) is 20.9 Å². The molecule has 1 rings (SSSR count).